The topological polar surface area (TPSA) is 3.24 Å². The van der Waals surface area contributed by atoms with Crippen LogP contribution in [0.5, 0.6) is 0 Å². The summed E-state index contributed by atoms with van der Waals surface area (Å²) in [6.07, 6.45) is 5.09. The fourth-order valence-corrected chi connectivity index (χ4v) is 3.38. The van der Waals surface area contributed by atoms with Crippen LogP contribution in [0.3, 0.4) is 0 Å². The Morgan fingerprint density at radius 2 is 1.82 bits per heavy atom. The molecule has 0 radical (unpaired) electrons. The molecular weight excluding hydrogens is 246 g/mol. The third-order valence-electron chi connectivity index (χ3n) is 3.07. The molecule has 1 saturated heterocycles. The van der Waals surface area contributed by atoms with Gasteiger partial charge in [-0.05, 0) is 31.2 Å². The van der Waals surface area contributed by atoms with Gasteiger partial charge in [0.05, 0.1) is 0 Å². The highest BCUT2D eigenvalue weighted by Gasteiger charge is 2.13. The summed E-state index contributed by atoms with van der Waals surface area (Å²) in [4.78, 5) is 2.37. The zero-order valence-electron chi connectivity index (χ0n) is 10.1. The number of hydrogen-bond acceptors (Lipinski definition) is 2. The molecule has 0 bridgehead atoms. The molecule has 0 N–H and O–H groups in total. The second-order valence-corrected chi connectivity index (χ2v) is 6.13. The van der Waals surface area contributed by atoms with Crippen LogP contribution < -0.4 is 0 Å². The van der Waals surface area contributed by atoms with Crippen LogP contribution in [0.2, 0.25) is 0 Å². The predicted octanol–water partition coefficient (Wildman–Crippen LogP) is 3.73. The first kappa shape index (κ1) is 12.9. The van der Waals surface area contributed by atoms with Crippen LogP contribution in [0.1, 0.15) is 24.8 Å². The highest BCUT2D eigenvalue weighted by Crippen LogP contribution is 2.17. The number of thioether (sulfide) groups is 1. The molecule has 1 aliphatic heterocycles. The lowest BCUT2D eigenvalue weighted by molar-refractivity contribution is 0.352. The van der Waals surface area contributed by atoms with E-state index in [0.29, 0.717) is 0 Å². The molecule has 1 aliphatic rings. The minimum Gasteiger partial charge on any atom is -0.358 e. The molecular formula is C14H19NS2. The molecule has 0 unspecified atom stereocenters. The molecule has 1 fully saturated rings. The van der Waals surface area contributed by atoms with Crippen LogP contribution in [-0.2, 0) is 6.42 Å². The van der Waals surface area contributed by atoms with E-state index >= 15 is 0 Å². The number of rotatable bonds is 3. The smallest absolute Gasteiger partial charge is 0.136 e. The molecule has 2 rings (SSSR count). The van der Waals surface area contributed by atoms with Gasteiger partial charge in [-0.3, -0.25) is 0 Å². The maximum Gasteiger partial charge on any atom is 0.136 e. The van der Waals surface area contributed by atoms with Crippen LogP contribution in [0.15, 0.2) is 30.3 Å². The molecule has 1 nitrogen and oxygen atoms in total. The van der Waals surface area contributed by atoms with Gasteiger partial charge < -0.3 is 4.90 Å². The molecule has 0 spiro atoms. The molecule has 0 aliphatic carbocycles. The molecule has 17 heavy (non-hydrogen) atoms. The first-order valence-corrected chi connectivity index (χ1v) is 7.71. The lowest BCUT2D eigenvalue weighted by Crippen LogP contribution is -2.32. The van der Waals surface area contributed by atoms with Gasteiger partial charge in [-0.25, -0.2) is 0 Å². The molecule has 3 heteroatoms. The zero-order chi connectivity index (χ0) is 11.9. The zero-order valence-corrected chi connectivity index (χ0v) is 11.7. The van der Waals surface area contributed by atoms with E-state index in [1.807, 2.05) is 11.8 Å². The van der Waals surface area contributed by atoms with Crippen LogP contribution >= 0.6 is 24.0 Å². The van der Waals surface area contributed by atoms with Crippen molar-refractivity contribution < 1.29 is 0 Å². The second kappa shape index (κ2) is 7.02. The molecule has 1 aromatic carbocycles. The number of aryl methyl sites for hydroxylation is 1. The Bertz CT molecular complexity index is 344. The van der Waals surface area contributed by atoms with Crippen molar-refractivity contribution in [3.63, 3.8) is 0 Å². The Morgan fingerprint density at radius 3 is 2.53 bits per heavy atom. The summed E-state index contributed by atoms with van der Waals surface area (Å²) in [6.45, 7) is 2.33. The van der Waals surface area contributed by atoms with E-state index in [1.165, 1.54) is 24.8 Å². The summed E-state index contributed by atoms with van der Waals surface area (Å²) in [5.74, 6) is 1.10. The van der Waals surface area contributed by atoms with Crippen molar-refractivity contribution in [2.75, 3.05) is 18.8 Å². The molecule has 0 aromatic heterocycles. The van der Waals surface area contributed by atoms with E-state index in [0.717, 1.165) is 29.6 Å². The van der Waals surface area contributed by atoms with Gasteiger partial charge in [-0.15, -0.1) is 0 Å². The van der Waals surface area contributed by atoms with E-state index in [1.54, 1.807) is 0 Å². The third kappa shape index (κ3) is 4.32. The van der Waals surface area contributed by atoms with Crippen LogP contribution in [0.4, 0.5) is 0 Å². The van der Waals surface area contributed by atoms with Crippen LogP contribution in [0.25, 0.3) is 0 Å². The van der Waals surface area contributed by atoms with Crippen molar-refractivity contribution in [3.8, 4) is 0 Å². The van der Waals surface area contributed by atoms with Gasteiger partial charge in [-0.1, -0.05) is 54.3 Å². The molecule has 0 atom stereocenters. The summed E-state index contributed by atoms with van der Waals surface area (Å²) >= 11 is 7.31. The Morgan fingerprint density at radius 1 is 1.12 bits per heavy atom. The fraction of sp³-hybridized carbons (Fsp3) is 0.500. The number of likely N-dealkylation sites (tertiary alicyclic amines) is 1. The lowest BCUT2D eigenvalue weighted by atomic mass is 10.1. The van der Waals surface area contributed by atoms with Crippen LogP contribution in [0, 0.1) is 0 Å². The average molecular weight is 265 g/mol. The van der Waals surface area contributed by atoms with Crippen LogP contribution in [-0.4, -0.2) is 28.1 Å². The summed E-state index contributed by atoms with van der Waals surface area (Å²) < 4.78 is 1.10. The van der Waals surface area contributed by atoms with E-state index in [4.69, 9.17) is 12.2 Å². The lowest BCUT2D eigenvalue weighted by Gasteiger charge is -2.28. The van der Waals surface area contributed by atoms with E-state index in [9.17, 15) is 0 Å². The van der Waals surface area contributed by atoms with E-state index in [-0.39, 0.29) is 0 Å². The SMILES string of the molecule is S=C(SCCc1ccccc1)N1CCCCC1. The monoisotopic (exact) mass is 265 g/mol. The van der Waals surface area contributed by atoms with Crippen molar-refractivity contribution in [1.29, 1.82) is 0 Å². The van der Waals surface area contributed by atoms with Gasteiger partial charge in [-0.2, -0.15) is 0 Å². The summed E-state index contributed by atoms with van der Waals surface area (Å²) in [7, 11) is 0. The first-order valence-electron chi connectivity index (χ1n) is 6.32. The Balaban J connectivity index is 1.69. The molecule has 1 aromatic rings. The Kier molecular flexibility index (Phi) is 5.33. The number of nitrogens with zero attached hydrogens (tertiary/aromatic N) is 1. The highest BCUT2D eigenvalue weighted by atomic mass is 32.2. The van der Waals surface area contributed by atoms with Gasteiger partial charge in [0, 0.05) is 18.8 Å². The molecule has 0 amide bonds. The second-order valence-electron chi connectivity index (χ2n) is 4.40. The van der Waals surface area contributed by atoms with Crippen molar-refractivity contribution in [2.45, 2.75) is 25.7 Å². The average Bonchev–Trinajstić information content (AvgIpc) is 2.41. The number of hydrogen-bond donors (Lipinski definition) is 0. The molecule has 92 valence electrons. The van der Waals surface area contributed by atoms with Gasteiger partial charge in [0.25, 0.3) is 0 Å². The third-order valence-corrected chi connectivity index (χ3v) is 4.60. The van der Waals surface area contributed by atoms with E-state index < -0.39 is 0 Å². The van der Waals surface area contributed by atoms with Gasteiger partial charge in [0.2, 0.25) is 0 Å². The number of benzene rings is 1. The summed E-state index contributed by atoms with van der Waals surface area (Å²) in [5.41, 5.74) is 1.40. The van der Waals surface area contributed by atoms with Gasteiger partial charge in [0.1, 0.15) is 4.32 Å². The summed E-state index contributed by atoms with van der Waals surface area (Å²) in [5, 5.41) is 0. The number of thiocarbonyl (C=S) groups is 1. The maximum absolute atomic E-state index is 5.48. The van der Waals surface area contributed by atoms with Crippen molar-refractivity contribution in [2.24, 2.45) is 0 Å². The van der Waals surface area contributed by atoms with Crippen molar-refractivity contribution in [3.05, 3.63) is 35.9 Å². The minimum absolute atomic E-state index is 1.10. The fourth-order valence-electron chi connectivity index (χ4n) is 2.07. The number of piperidine rings is 1. The Hall–Kier alpha value is -0.540. The highest BCUT2D eigenvalue weighted by molar-refractivity contribution is 8.22. The Labute approximate surface area is 114 Å². The van der Waals surface area contributed by atoms with Gasteiger partial charge in [0.15, 0.2) is 0 Å². The standard InChI is InChI=1S/C14H19NS2/c16-14(15-10-5-2-6-11-15)17-12-9-13-7-3-1-4-8-13/h1,3-4,7-8H,2,5-6,9-12H2. The van der Waals surface area contributed by atoms with Gasteiger partial charge >= 0.3 is 0 Å². The predicted molar refractivity (Wildman–Crippen MR) is 80.6 cm³/mol. The van der Waals surface area contributed by atoms with Crippen molar-refractivity contribution >= 4 is 28.3 Å². The van der Waals surface area contributed by atoms with E-state index in [2.05, 4.69) is 35.2 Å². The molecule has 0 saturated carbocycles. The normalized spacial score (nSPS) is 15.9. The quantitative estimate of drug-likeness (QED) is 0.767. The maximum atomic E-state index is 5.48. The molecule has 1 heterocycles. The first-order chi connectivity index (χ1) is 8.36. The minimum atomic E-state index is 1.10. The summed E-state index contributed by atoms with van der Waals surface area (Å²) in [6, 6.07) is 10.6. The van der Waals surface area contributed by atoms with Crippen molar-refractivity contribution in [1.82, 2.24) is 4.90 Å². The largest absolute Gasteiger partial charge is 0.358 e.